The molecule has 6 rings (SSSR count). The molecule has 4 amide bonds. The molecule has 0 saturated carbocycles. The number of benzene rings is 2. The van der Waals surface area contributed by atoms with Crippen LogP contribution in [0, 0.1) is 37.8 Å². The van der Waals surface area contributed by atoms with Crippen molar-refractivity contribution in [2.45, 2.75) is 116 Å². The smallest absolute Gasteiger partial charge is 0.434 e. The van der Waals surface area contributed by atoms with Crippen molar-refractivity contribution in [1.29, 1.82) is 0 Å². The van der Waals surface area contributed by atoms with Crippen molar-refractivity contribution in [1.82, 2.24) is 19.6 Å². The van der Waals surface area contributed by atoms with Gasteiger partial charge < -0.3 is 34.2 Å². The zero-order chi connectivity index (χ0) is 53.7. The van der Waals surface area contributed by atoms with Crippen LogP contribution < -0.4 is 0 Å². The van der Waals surface area contributed by atoms with Crippen LogP contribution in [0.4, 0.5) is 73.6 Å². The summed E-state index contributed by atoms with van der Waals surface area (Å²) in [6.45, 7) is 27.0. The van der Waals surface area contributed by atoms with E-state index in [1.54, 1.807) is 47.1 Å². The Morgan fingerprint density at radius 3 is 1.15 bits per heavy atom. The van der Waals surface area contributed by atoms with Crippen molar-refractivity contribution >= 4 is 35.4 Å². The van der Waals surface area contributed by atoms with Gasteiger partial charge >= 0.3 is 36.9 Å². The number of aliphatic hydroxyl groups is 1. The third-order valence-electron chi connectivity index (χ3n) is 12.6. The van der Waals surface area contributed by atoms with E-state index < -0.39 is 48.6 Å². The van der Waals surface area contributed by atoms with E-state index in [0.717, 1.165) is 42.8 Å². The molecule has 4 saturated heterocycles. The number of hydrogen-bond donors (Lipinski definition) is 1. The second-order valence-corrected chi connectivity index (χ2v) is 19.0. The van der Waals surface area contributed by atoms with E-state index in [1.165, 1.54) is 0 Å². The Morgan fingerprint density at radius 1 is 0.563 bits per heavy atom. The van der Waals surface area contributed by atoms with E-state index in [0.29, 0.717) is 73.5 Å². The van der Waals surface area contributed by atoms with Crippen LogP contribution in [0.2, 0.25) is 0 Å². The number of likely N-dealkylation sites (tertiary alicyclic amines) is 4. The number of ether oxygens (including phenoxy) is 2. The maximum atomic E-state index is 12.9. The Balaban J connectivity index is 0.000000261. The number of carbonyl (C=O) groups excluding carboxylic acids is 4. The molecule has 0 radical (unpaired) electrons. The van der Waals surface area contributed by atoms with Crippen molar-refractivity contribution < 1.29 is 86.4 Å². The summed E-state index contributed by atoms with van der Waals surface area (Å²) in [6.07, 6.45) is -29.1. The van der Waals surface area contributed by atoms with Gasteiger partial charge in [0.2, 0.25) is 6.10 Å². The van der Waals surface area contributed by atoms with Gasteiger partial charge in [0.15, 0.2) is 11.4 Å². The first kappa shape index (κ1) is 57.6. The molecule has 0 aliphatic carbocycles. The predicted molar refractivity (Wildman–Crippen MR) is 229 cm³/mol. The molecule has 2 spiro atoms. The first-order chi connectivity index (χ1) is 32.5. The lowest BCUT2D eigenvalue weighted by Gasteiger charge is -2.39. The number of piperidine rings is 2. The summed E-state index contributed by atoms with van der Waals surface area (Å²) in [4.78, 5) is 63.0. The van der Waals surface area contributed by atoms with Gasteiger partial charge in [-0.05, 0) is 95.1 Å². The number of alkyl halides is 12. The molecule has 13 nitrogen and oxygen atoms in total. The minimum Gasteiger partial charge on any atom is -0.444 e. The molecule has 0 bridgehead atoms. The maximum Gasteiger partial charge on any atom is 0.434 e. The number of hydrogen-bond acceptors (Lipinski definition) is 7. The van der Waals surface area contributed by atoms with E-state index in [4.69, 9.17) is 23.0 Å². The highest BCUT2D eigenvalue weighted by Gasteiger charge is 2.60. The summed E-state index contributed by atoms with van der Waals surface area (Å²) in [7, 11) is 0. The predicted octanol–water partition coefficient (Wildman–Crippen LogP) is 11.0. The molecule has 0 aromatic heterocycles. The normalized spacial score (nSPS) is 18.1. The Morgan fingerprint density at radius 2 is 0.887 bits per heavy atom. The summed E-state index contributed by atoms with van der Waals surface area (Å²) in [5.74, 6) is -0.183. The number of rotatable bonds is 3. The molecule has 4 fully saturated rings. The minimum absolute atomic E-state index is 0.0334. The molecular formula is C46H52F12N6O7. The zero-order valence-corrected chi connectivity index (χ0v) is 39.1. The van der Waals surface area contributed by atoms with Crippen molar-refractivity contribution in [3.8, 4) is 0 Å². The van der Waals surface area contributed by atoms with Gasteiger partial charge in [-0.1, -0.05) is 36.4 Å². The Bertz CT molecular complexity index is 2310. The van der Waals surface area contributed by atoms with Crippen LogP contribution in [0.25, 0.3) is 9.69 Å². The van der Waals surface area contributed by atoms with Crippen LogP contribution in [0.3, 0.4) is 0 Å². The number of carbonyl (C=O) groups is 4. The largest absolute Gasteiger partial charge is 0.444 e. The van der Waals surface area contributed by atoms with Gasteiger partial charge in [0, 0.05) is 63.5 Å². The van der Waals surface area contributed by atoms with E-state index in [2.05, 4.69) is 14.4 Å². The lowest BCUT2D eigenvalue weighted by molar-refractivity contribution is -0.309. The van der Waals surface area contributed by atoms with Gasteiger partial charge in [-0.2, -0.15) is 52.7 Å². The monoisotopic (exact) mass is 1030 g/mol. The number of aliphatic hydroxyl groups excluding tert-OH is 1. The van der Waals surface area contributed by atoms with Crippen LogP contribution in [0.1, 0.15) is 91.1 Å². The first-order valence-electron chi connectivity index (χ1n) is 22.0. The average Bonchev–Trinajstić information content (AvgIpc) is 3.87. The highest BCUT2D eigenvalue weighted by molar-refractivity contribution is 5.96. The third kappa shape index (κ3) is 15.3. The first-order valence-corrected chi connectivity index (χ1v) is 22.0. The fraction of sp³-hybridized carbons (Fsp3) is 0.609. The fourth-order valence-electron chi connectivity index (χ4n) is 8.56. The number of aryl methyl sites for hydroxylation is 2. The molecule has 71 heavy (non-hydrogen) atoms. The zero-order valence-electron chi connectivity index (χ0n) is 39.1. The highest BCUT2D eigenvalue weighted by Crippen LogP contribution is 2.43. The van der Waals surface area contributed by atoms with Crippen molar-refractivity contribution in [3.05, 3.63) is 81.5 Å². The summed E-state index contributed by atoms with van der Waals surface area (Å²) >= 11 is 0. The summed E-state index contributed by atoms with van der Waals surface area (Å²) in [5, 5.41) is 7.47. The molecule has 0 atom stereocenters. The quantitative estimate of drug-likeness (QED) is 0.239. The number of nitrogens with zero attached hydrogens (tertiary/aromatic N) is 6. The van der Waals surface area contributed by atoms with Gasteiger partial charge in [-0.15, -0.1) is 0 Å². The van der Waals surface area contributed by atoms with Gasteiger partial charge in [0.05, 0.1) is 13.1 Å². The maximum absolute atomic E-state index is 12.9. The minimum atomic E-state index is -5.76. The van der Waals surface area contributed by atoms with Crippen molar-refractivity contribution in [3.63, 3.8) is 0 Å². The summed E-state index contributed by atoms with van der Waals surface area (Å²) in [5.41, 5.74) is 2.87. The fourth-order valence-corrected chi connectivity index (χ4v) is 8.56. The van der Waals surface area contributed by atoms with E-state index in [-0.39, 0.29) is 41.8 Å². The van der Waals surface area contributed by atoms with E-state index in [1.807, 2.05) is 38.7 Å². The van der Waals surface area contributed by atoms with Crippen molar-refractivity contribution in [2.24, 2.45) is 10.8 Å². The van der Waals surface area contributed by atoms with Crippen LogP contribution in [0.15, 0.2) is 36.4 Å². The lowest BCUT2D eigenvalue weighted by Crippen LogP contribution is -2.50. The SMILES string of the molecule is OC(C(F)(F)F)C(F)(F)F.[C-]#[N+]c1ccc(C(=O)N2CCC3(CCN(C(=O)OC(C(F)(F)F)C(F)(F)F)CC3)C2)cc1C.[C-]#[N+]c1ccc(C(=O)N2CCC3(CCN(C(=O)OC(C)(C)C)CC3)C2)cc1C. The molecular weight excluding hydrogens is 977 g/mol. The van der Waals surface area contributed by atoms with Gasteiger partial charge in [0.1, 0.15) is 5.60 Å². The summed E-state index contributed by atoms with van der Waals surface area (Å²) < 4.78 is 151. The van der Waals surface area contributed by atoms with Gasteiger partial charge in [-0.3, -0.25) is 9.59 Å². The standard InChI is InChI=1S/C22H29N3O3.C21H21F6N3O3.C3H2F6O/c1-16-14-17(6-7-18(16)23-5)19(26)25-13-10-22(15-25)8-11-24(12-9-22)20(27)28-21(2,3)4;1-13-11-14(3-4-15(13)28-2)16(31)30-10-7-19(12-30)5-8-29(9-6-19)18(32)33-17(20(22,23)24)21(25,26)27;4-2(5,6)1(10)3(7,8)9/h6-7,14H,8-13,15H2,1-4H3;3-4,11,17H,5-10,12H2,1H3;1,10H. The van der Waals surface area contributed by atoms with E-state index in [9.17, 15) is 71.9 Å². The summed E-state index contributed by atoms with van der Waals surface area (Å²) in [6, 6.07) is 10.1. The molecule has 0 unspecified atom stereocenters. The molecule has 4 heterocycles. The molecule has 2 aromatic rings. The molecule has 1 N–H and O–H groups in total. The number of amides is 4. The second kappa shape index (κ2) is 21.8. The third-order valence-corrected chi connectivity index (χ3v) is 12.6. The van der Waals surface area contributed by atoms with Crippen LogP contribution in [-0.4, -0.2) is 144 Å². The highest BCUT2D eigenvalue weighted by atomic mass is 19.4. The number of halogens is 12. The molecule has 25 heteroatoms. The van der Waals surface area contributed by atoms with Gasteiger partial charge in [-0.25, -0.2) is 19.3 Å². The van der Waals surface area contributed by atoms with Crippen LogP contribution in [0.5, 0.6) is 0 Å². The van der Waals surface area contributed by atoms with Crippen molar-refractivity contribution in [2.75, 3.05) is 52.4 Å². The van der Waals surface area contributed by atoms with Crippen LogP contribution in [-0.2, 0) is 9.47 Å². The lowest BCUT2D eigenvalue weighted by atomic mass is 9.78. The topological polar surface area (TPSA) is 129 Å². The molecule has 4 aliphatic heterocycles. The van der Waals surface area contributed by atoms with Gasteiger partial charge in [0.25, 0.3) is 17.9 Å². The second-order valence-electron chi connectivity index (χ2n) is 19.0. The average molecular weight is 1030 g/mol. The molecule has 392 valence electrons. The molecule has 2 aromatic carbocycles. The Kier molecular flexibility index (Phi) is 17.7. The van der Waals surface area contributed by atoms with E-state index >= 15 is 0 Å². The Hall–Kier alpha value is -5.98. The Labute approximate surface area is 401 Å². The van der Waals surface area contributed by atoms with Crippen LogP contribution >= 0.6 is 0 Å². The molecule has 4 aliphatic rings.